The number of aromatic amines is 1. The van der Waals surface area contributed by atoms with Gasteiger partial charge < -0.3 is 14.2 Å². The van der Waals surface area contributed by atoms with Gasteiger partial charge in [0, 0.05) is 55.4 Å². The molecule has 1 saturated heterocycles. The zero-order chi connectivity index (χ0) is 18.1. The van der Waals surface area contributed by atoms with E-state index in [1.807, 2.05) is 36.9 Å². The summed E-state index contributed by atoms with van der Waals surface area (Å²) >= 11 is 0. The molecule has 4 aromatic heterocycles. The number of fused-ring (bicyclic) bond motifs is 1. The maximum atomic E-state index is 5.52. The van der Waals surface area contributed by atoms with Gasteiger partial charge in [0.2, 0.25) is 0 Å². The van der Waals surface area contributed by atoms with Crippen LogP contribution in [0.2, 0.25) is 0 Å². The van der Waals surface area contributed by atoms with Gasteiger partial charge in [0.1, 0.15) is 5.82 Å². The van der Waals surface area contributed by atoms with Gasteiger partial charge in [-0.25, -0.2) is 4.98 Å². The summed E-state index contributed by atoms with van der Waals surface area (Å²) in [4.78, 5) is 11.4. The maximum Gasteiger partial charge on any atom is 0.138 e. The van der Waals surface area contributed by atoms with Crippen LogP contribution in [0.25, 0.3) is 22.2 Å². The number of morpholine rings is 1. The van der Waals surface area contributed by atoms with Crippen LogP contribution >= 0.6 is 0 Å². The average Bonchev–Trinajstić information content (AvgIpc) is 3.39. The predicted octanol–water partition coefficient (Wildman–Crippen LogP) is 2.71. The molecule has 0 amide bonds. The number of hydrogen-bond donors (Lipinski definition) is 1. The molecular weight excluding hydrogens is 340 g/mol. The first-order valence-electron chi connectivity index (χ1n) is 9.09. The third-order valence-corrected chi connectivity index (χ3v) is 4.95. The Morgan fingerprint density at radius 2 is 1.96 bits per heavy atom. The van der Waals surface area contributed by atoms with E-state index < -0.39 is 0 Å². The van der Waals surface area contributed by atoms with Gasteiger partial charge in [0.05, 0.1) is 30.6 Å². The zero-order valence-electron chi connectivity index (χ0n) is 14.9. The summed E-state index contributed by atoms with van der Waals surface area (Å²) < 4.78 is 7.79. The molecule has 0 aliphatic carbocycles. The van der Waals surface area contributed by atoms with Crippen molar-refractivity contribution in [1.29, 1.82) is 0 Å². The van der Waals surface area contributed by atoms with Gasteiger partial charge in [-0.1, -0.05) is 0 Å². The summed E-state index contributed by atoms with van der Waals surface area (Å²) in [5, 5.41) is 8.14. The molecule has 0 radical (unpaired) electrons. The number of ether oxygens (including phenoxy) is 1. The third-order valence-electron chi connectivity index (χ3n) is 4.95. The molecular formula is C20H20N6O. The van der Waals surface area contributed by atoms with Crippen molar-refractivity contribution in [3.8, 4) is 11.3 Å². The molecule has 1 aliphatic rings. The quantitative estimate of drug-likeness (QED) is 0.606. The van der Waals surface area contributed by atoms with E-state index in [9.17, 15) is 0 Å². The van der Waals surface area contributed by atoms with Gasteiger partial charge >= 0.3 is 0 Å². The van der Waals surface area contributed by atoms with Crippen LogP contribution in [0.3, 0.4) is 0 Å². The predicted molar refractivity (Wildman–Crippen MR) is 104 cm³/mol. The second-order valence-corrected chi connectivity index (χ2v) is 6.65. The van der Waals surface area contributed by atoms with E-state index in [0.717, 1.165) is 49.9 Å². The van der Waals surface area contributed by atoms with Gasteiger partial charge in [0.15, 0.2) is 0 Å². The second kappa shape index (κ2) is 6.85. The lowest BCUT2D eigenvalue weighted by atomic mass is 10.1. The minimum absolute atomic E-state index is 0.733. The molecule has 136 valence electrons. The summed E-state index contributed by atoms with van der Waals surface area (Å²) in [6, 6.07) is 8.40. The SMILES string of the molecule is c1cc(Cn2ccc3c(N4CCOCC4)nc(-c4cn[nH]c4)cc32)ccn1. The summed E-state index contributed by atoms with van der Waals surface area (Å²) in [7, 11) is 0. The molecule has 1 N–H and O–H groups in total. The van der Waals surface area contributed by atoms with Crippen molar-refractivity contribution in [2.45, 2.75) is 6.54 Å². The first-order chi connectivity index (χ1) is 13.4. The Morgan fingerprint density at radius 3 is 2.74 bits per heavy atom. The summed E-state index contributed by atoms with van der Waals surface area (Å²) in [5.41, 5.74) is 4.30. The molecule has 0 saturated carbocycles. The molecule has 5 rings (SSSR count). The fraction of sp³-hybridized carbons (Fsp3) is 0.250. The Hall–Kier alpha value is -3.19. The van der Waals surface area contributed by atoms with E-state index in [0.29, 0.717) is 0 Å². The number of nitrogens with zero attached hydrogens (tertiary/aromatic N) is 5. The number of H-pyrrole nitrogens is 1. The zero-order valence-corrected chi connectivity index (χ0v) is 14.9. The van der Waals surface area contributed by atoms with Crippen molar-refractivity contribution in [2.24, 2.45) is 0 Å². The molecule has 7 heteroatoms. The van der Waals surface area contributed by atoms with Gasteiger partial charge in [-0.15, -0.1) is 0 Å². The standard InChI is InChI=1S/C20H20N6O/c1-4-21-5-2-15(1)14-26-6-3-17-19(26)11-18(16-12-22-23-13-16)24-20(17)25-7-9-27-10-8-25/h1-6,11-13H,7-10,14H2,(H,22,23). The summed E-state index contributed by atoms with van der Waals surface area (Å²) in [6.45, 7) is 3.97. The second-order valence-electron chi connectivity index (χ2n) is 6.65. The number of anilines is 1. The van der Waals surface area contributed by atoms with Crippen LogP contribution in [-0.2, 0) is 11.3 Å². The smallest absolute Gasteiger partial charge is 0.138 e. The van der Waals surface area contributed by atoms with Crippen LogP contribution in [0.5, 0.6) is 0 Å². The fourth-order valence-corrected chi connectivity index (χ4v) is 3.55. The van der Waals surface area contributed by atoms with E-state index >= 15 is 0 Å². The number of rotatable bonds is 4. The Labute approximate surface area is 156 Å². The van der Waals surface area contributed by atoms with Gasteiger partial charge in [-0.05, 0) is 29.8 Å². The van der Waals surface area contributed by atoms with E-state index in [2.05, 4.69) is 43.0 Å². The van der Waals surface area contributed by atoms with Crippen molar-refractivity contribution >= 4 is 16.7 Å². The highest BCUT2D eigenvalue weighted by atomic mass is 16.5. The highest BCUT2D eigenvalue weighted by molar-refractivity contribution is 5.93. The molecule has 27 heavy (non-hydrogen) atoms. The number of nitrogens with one attached hydrogen (secondary N) is 1. The van der Waals surface area contributed by atoms with Gasteiger partial charge in [-0.2, -0.15) is 5.10 Å². The molecule has 0 unspecified atom stereocenters. The number of aromatic nitrogens is 5. The molecule has 0 bridgehead atoms. The lowest BCUT2D eigenvalue weighted by molar-refractivity contribution is 0.122. The molecule has 0 spiro atoms. The molecule has 0 aromatic carbocycles. The highest BCUT2D eigenvalue weighted by Crippen LogP contribution is 2.31. The lowest BCUT2D eigenvalue weighted by Gasteiger charge is -2.28. The highest BCUT2D eigenvalue weighted by Gasteiger charge is 2.19. The van der Waals surface area contributed by atoms with Crippen molar-refractivity contribution in [3.05, 3.63) is 60.8 Å². The van der Waals surface area contributed by atoms with E-state index in [1.54, 1.807) is 0 Å². The van der Waals surface area contributed by atoms with Crippen molar-refractivity contribution in [2.75, 3.05) is 31.2 Å². The van der Waals surface area contributed by atoms with Crippen LogP contribution in [0.4, 0.5) is 5.82 Å². The van der Waals surface area contributed by atoms with Crippen LogP contribution < -0.4 is 4.90 Å². The van der Waals surface area contributed by atoms with Crippen LogP contribution in [-0.4, -0.2) is 51.0 Å². The molecule has 0 atom stereocenters. The van der Waals surface area contributed by atoms with E-state index in [-0.39, 0.29) is 0 Å². The third kappa shape index (κ3) is 3.06. The first kappa shape index (κ1) is 16.0. The summed E-state index contributed by atoms with van der Waals surface area (Å²) in [6.07, 6.45) is 9.49. The molecule has 1 fully saturated rings. The molecule has 1 aliphatic heterocycles. The largest absolute Gasteiger partial charge is 0.378 e. The Morgan fingerprint density at radius 1 is 1.11 bits per heavy atom. The van der Waals surface area contributed by atoms with Gasteiger partial charge in [0.25, 0.3) is 0 Å². The number of pyridine rings is 2. The first-order valence-corrected chi connectivity index (χ1v) is 9.09. The van der Waals surface area contributed by atoms with Crippen LogP contribution in [0, 0.1) is 0 Å². The van der Waals surface area contributed by atoms with Crippen molar-refractivity contribution in [3.63, 3.8) is 0 Å². The van der Waals surface area contributed by atoms with Crippen molar-refractivity contribution < 1.29 is 4.74 Å². The molecule has 4 aromatic rings. The molecule has 5 heterocycles. The van der Waals surface area contributed by atoms with Gasteiger partial charge in [-0.3, -0.25) is 10.1 Å². The van der Waals surface area contributed by atoms with Crippen molar-refractivity contribution in [1.82, 2.24) is 24.7 Å². The lowest BCUT2D eigenvalue weighted by Crippen LogP contribution is -2.36. The monoisotopic (exact) mass is 360 g/mol. The van der Waals surface area contributed by atoms with E-state index in [4.69, 9.17) is 9.72 Å². The maximum absolute atomic E-state index is 5.52. The summed E-state index contributed by atoms with van der Waals surface area (Å²) in [5.74, 6) is 1.01. The Balaban J connectivity index is 1.64. The van der Waals surface area contributed by atoms with E-state index in [1.165, 1.54) is 16.5 Å². The van der Waals surface area contributed by atoms with Crippen LogP contribution in [0.15, 0.2) is 55.2 Å². The van der Waals surface area contributed by atoms with Crippen LogP contribution in [0.1, 0.15) is 5.56 Å². The Bertz CT molecular complexity index is 1040. The Kier molecular flexibility index (Phi) is 4.06. The normalized spacial score (nSPS) is 14.7. The topological polar surface area (TPSA) is 71.9 Å². The minimum Gasteiger partial charge on any atom is -0.378 e. The average molecular weight is 360 g/mol. The molecule has 7 nitrogen and oxygen atoms in total. The minimum atomic E-state index is 0.733. The fourth-order valence-electron chi connectivity index (χ4n) is 3.55. The number of hydrogen-bond acceptors (Lipinski definition) is 5.